The molecule has 0 aromatic carbocycles. The van der Waals surface area contributed by atoms with Crippen LogP contribution in [0.2, 0.25) is 0 Å². The van der Waals surface area contributed by atoms with E-state index in [0.29, 0.717) is 31.6 Å². The van der Waals surface area contributed by atoms with E-state index in [-0.39, 0.29) is 6.42 Å². The summed E-state index contributed by atoms with van der Waals surface area (Å²) in [6, 6.07) is -3.13. The van der Waals surface area contributed by atoms with Crippen LogP contribution in [0, 0.1) is 0 Å². The monoisotopic (exact) mass is 378 g/mol. The first-order chi connectivity index (χ1) is 11.7. The molecule has 4 unspecified atom stereocenters. The van der Waals surface area contributed by atoms with E-state index < -0.39 is 42.0 Å². The number of aliphatic hydroxyl groups excluding tert-OH is 1. The Morgan fingerprint density at radius 2 is 1.68 bits per heavy atom. The van der Waals surface area contributed by atoms with E-state index in [4.69, 9.17) is 11.5 Å². The number of nitrogens with two attached hydrogens (primary N) is 2. The van der Waals surface area contributed by atoms with Crippen molar-refractivity contribution in [3.05, 3.63) is 0 Å². The molecule has 0 heterocycles. The number of aliphatic hydroxyl groups is 1. The summed E-state index contributed by atoms with van der Waals surface area (Å²) >= 11 is 1.47. The predicted octanol–water partition coefficient (Wildman–Crippen LogP) is -1.37. The fraction of sp³-hybridized carbons (Fsp3) is 0.800. The van der Waals surface area contributed by atoms with Crippen LogP contribution in [0.25, 0.3) is 0 Å². The van der Waals surface area contributed by atoms with E-state index >= 15 is 0 Å². The van der Waals surface area contributed by atoms with Gasteiger partial charge in [0.1, 0.15) is 18.1 Å². The Labute approximate surface area is 152 Å². The Balaban J connectivity index is 4.94. The number of carboxylic acid groups (broad SMARTS) is 1. The van der Waals surface area contributed by atoms with Crippen LogP contribution < -0.4 is 22.1 Å². The lowest BCUT2D eigenvalue weighted by Crippen LogP contribution is -2.56. The molecule has 9 nitrogen and oxygen atoms in total. The summed E-state index contributed by atoms with van der Waals surface area (Å²) < 4.78 is 0. The van der Waals surface area contributed by atoms with Gasteiger partial charge in [-0.25, -0.2) is 4.79 Å². The van der Waals surface area contributed by atoms with Gasteiger partial charge in [0.25, 0.3) is 0 Å². The maximum absolute atomic E-state index is 12.4. The van der Waals surface area contributed by atoms with Gasteiger partial charge in [-0.15, -0.1) is 0 Å². The topological polar surface area (TPSA) is 168 Å². The van der Waals surface area contributed by atoms with Crippen molar-refractivity contribution in [2.24, 2.45) is 11.5 Å². The Morgan fingerprint density at radius 1 is 1.08 bits per heavy atom. The Kier molecular flexibility index (Phi) is 12.2. The van der Waals surface area contributed by atoms with Crippen molar-refractivity contribution in [1.82, 2.24) is 10.6 Å². The van der Waals surface area contributed by atoms with Gasteiger partial charge < -0.3 is 32.3 Å². The third-order valence-corrected chi connectivity index (χ3v) is 4.27. The zero-order valence-electron chi connectivity index (χ0n) is 14.7. The number of carbonyl (C=O) groups is 3. The number of unbranched alkanes of at least 4 members (excludes halogenated alkanes) is 1. The molecule has 4 atom stereocenters. The van der Waals surface area contributed by atoms with Gasteiger partial charge in [0.05, 0.1) is 6.10 Å². The first-order valence-corrected chi connectivity index (χ1v) is 9.60. The van der Waals surface area contributed by atoms with Crippen molar-refractivity contribution in [2.75, 3.05) is 18.6 Å². The molecule has 0 aliphatic heterocycles. The molecule has 0 aromatic rings. The molecular weight excluding hydrogens is 348 g/mol. The molecule has 0 radical (unpaired) electrons. The first kappa shape index (κ1) is 23.6. The highest BCUT2D eigenvalue weighted by molar-refractivity contribution is 7.98. The lowest BCUT2D eigenvalue weighted by Gasteiger charge is -2.23. The zero-order chi connectivity index (χ0) is 19.4. The van der Waals surface area contributed by atoms with Gasteiger partial charge >= 0.3 is 5.97 Å². The van der Waals surface area contributed by atoms with E-state index in [9.17, 15) is 24.6 Å². The van der Waals surface area contributed by atoms with Crippen LogP contribution in [0.5, 0.6) is 0 Å². The Hall–Kier alpha value is -1.36. The summed E-state index contributed by atoms with van der Waals surface area (Å²) in [7, 11) is 0. The number of aliphatic carboxylic acids is 1. The van der Waals surface area contributed by atoms with Gasteiger partial charge in [0.15, 0.2) is 0 Å². The van der Waals surface area contributed by atoms with Crippen molar-refractivity contribution in [3.63, 3.8) is 0 Å². The molecular formula is C15H30N4O5S. The van der Waals surface area contributed by atoms with Gasteiger partial charge in [-0.1, -0.05) is 0 Å². The van der Waals surface area contributed by atoms with Crippen LogP contribution in [0.4, 0.5) is 0 Å². The van der Waals surface area contributed by atoms with Gasteiger partial charge in [-0.3, -0.25) is 9.59 Å². The molecule has 0 rings (SSSR count). The summed E-state index contributed by atoms with van der Waals surface area (Å²) in [5, 5.41) is 23.5. The highest BCUT2D eigenvalue weighted by Crippen LogP contribution is 2.05. The zero-order valence-corrected chi connectivity index (χ0v) is 15.6. The minimum atomic E-state index is -1.17. The average Bonchev–Trinajstić information content (AvgIpc) is 2.56. The normalized spacial score (nSPS) is 15.7. The molecule has 2 amide bonds. The summed E-state index contributed by atoms with van der Waals surface area (Å²) in [5.41, 5.74) is 11.0. The summed E-state index contributed by atoms with van der Waals surface area (Å²) in [4.78, 5) is 35.7. The highest BCUT2D eigenvalue weighted by atomic mass is 32.2. The van der Waals surface area contributed by atoms with Crippen LogP contribution in [-0.4, -0.2) is 70.8 Å². The molecule has 0 aliphatic rings. The number of carbonyl (C=O) groups excluding carboxylic acids is 2. The molecule has 0 spiro atoms. The Morgan fingerprint density at radius 3 is 2.16 bits per heavy atom. The number of hydrogen-bond acceptors (Lipinski definition) is 7. The van der Waals surface area contributed by atoms with Crippen LogP contribution in [-0.2, 0) is 14.4 Å². The molecule has 0 aromatic heterocycles. The van der Waals surface area contributed by atoms with E-state index in [0.717, 1.165) is 0 Å². The van der Waals surface area contributed by atoms with Gasteiger partial charge in [-0.05, 0) is 51.2 Å². The maximum atomic E-state index is 12.4. The van der Waals surface area contributed by atoms with Gasteiger partial charge in [-0.2, -0.15) is 11.8 Å². The minimum absolute atomic E-state index is 0.277. The third-order valence-electron chi connectivity index (χ3n) is 3.63. The van der Waals surface area contributed by atoms with E-state index in [2.05, 4.69) is 10.6 Å². The largest absolute Gasteiger partial charge is 0.480 e. The molecule has 0 bridgehead atoms. The van der Waals surface area contributed by atoms with E-state index in [1.54, 1.807) is 0 Å². The number of nitrogens with one attached hydrogen (secondary N) is 2. The van der Waals surface area contributed by atoms with Crippen molar-refractivity contribution in [2.45, 2.75) is 56.8 Å². The molecule has 10 heteroatoms. The number of rotatable bonds is 13. The number of hydrogen-bond donors (Lipinski definition) is 6. The second-order valence-electron chi connectivity index (χ2n) is 5.79. The quantitative estimate of drug-likeness (QED) is 0.213. The summed E-state index contributed by atoms with van der Waals surface area (Å²) in [5.74, 6) is -1.81. The van der Waals surface area contributed by atoms with Crippen LogP contribution in [0.15, 0.2) is 0 Å². The molecule has 0 saturated carbocycles. The SMILES string of the molecule is CSCCC(NC(=O)C(CCCCN)NC(=O)C(N)C(C)O)C(=O)O. The summed E-state index contributed by atoms with van der Waals surface area (Å²) in [6.07, 6.45) is 2.60. The fourth-order valence-electron chi connectivity index (χ4n) is 2.01. The van der Waals surface area contributed by atoms with Gasteiger partial charge in [0, 0.05) is 0 Å². The number of thioether (sulfide) groups is 1. The van der Waals surface area contributed by atoms with E-state index in [1.807, 2.05) is 6.26 Å². The molecule has 0 saturated heterocycles. The van der Waals surface area contributed by atoms with Crippen LogP contribution in [0.1, 0.15) is 32.6 Å². The smallest absolute Gasteiger partial charge is 0.326 e. The molecule has 0 aliphatic carbocycles. The lowest BCUT2D eigenvalue weighted by atomic mass is 10.1. The van der Waals surface area contributed by atoms with Crippen LogP contribution >= 0.6 is 11.8 Å². The number of carboxylic acids is 1. The standard InChI is InChI=1S/C15H30N4O5S/c1-9(20)12(17)14(22)18-10(5-3-4-7-16)13(21)19-11(15(23)24)6-8-25-2/h9-12,20H,3-8,16-17H2,1-2H3,(H,18,22)(H,19,21)(H,23,24). The maximum Gasteiger partial charge on any atom is 0.326 e. The second kappa shape index (κ2) is 12.9. The summed E-state index contributed by atoms with van der Waals surface area (Å²) in [6.45, 7) is 1.82. The lowest BCUT2D eigenvalue weighted by molar-refractivity contribution is -0.142. The van der Waals surface area contributed by atoms with Crippen molar-refractivity contribution >= 4 is 29.5 Å². The predicted molar refractivity (Wildman–Crippen MR) is 97.1 cm³/mol. The fourth-order valence-corrected chi connectivity index (χ4v) is 2.49. The molecule has 146 valence electrons. The van der Waals surface area contributed by atoms with Gasteiger partial charge in [0.2, 0.25) is 11.8 Å². The highest BCUT2D eigenvalue weighted by Gasteiger charge is 2.28. The first-order valence-electron chi connectivity index (χ1n) is 8.20. The number of amides is 2. The Bertz CT molecular complexity index is 436. The van der Waals surface area contributed by atoms with Crippen molar-refractivity contribution < 1.29 is 24.6 Å². The molecule has 8 N–H and O–H groups in total. The van der Waals surface area contributed by atoms with Crippen molar-refractivity contribution in [1.29, 1.82) is 0 Å². The molecule has 0 fully saturated rings. The van der Waals surface area contributed by atoms with Crippen molar-refractivity contribution in [3.8, 4) is 0 Å². The second-order valence-corrected chi connectivity index (χ2v) is 6.78. The average molecular weight is 378 g/mol. The minimum Gasteiger partial charge on any atom is -0.480 e. The van der Waals surface area contributed by atoms with E-state index in [1.165, 1.54) is 18.7 Å². The van der Waals surface area contributed by atoms with Crippen LogP contribution in [0.3, 0.4) is 0 Å². The molecule has 25 heavy (non-hydrogen) atoms. The third kappa shape index (κ3) is 9.63.